The van der Waals surface area contributed by atoms with Crippen molar-refractivity contribution in [2.45, 2.75) is 70.3 Å². The molecule has 1 rings (SSSR count). The fourth-order valence-electron chi connectivity index (χ4n) is 1.78. The van der Waals surface area contributed by atoms with Crippen LogP contribution in [-0.4, -0.2) is 20.5 Å². The first-order valence-corrected chi connectivity index (χ1v) is 9.24. The molecule has 0 N–H and O–H groups in total. The van der Waals surface area contributed by atoms with E-state index in [-0.39, 0.29) is 17.2 Å². The maximum Gasteiger partial charge on any atom is 0.192 e. The first-order chi connectivity index (χ1) is 7.76. The molecule has 2 unspecified atom stereocenters. The lowest BCUT2D eigenvalue weighted by molar-refractivity contribution is 0.173. The molecule has 1 fully saturated rings. The van der Waals surface area contributed by atoms with Gasteiger partial charge in [-0.25, -0.2) is 0 Å². The standard InChI is InChI=1S/C12H24N3OSi/c1-12(2,3)17(4,5)16-11-8-6-7-10(9-11)14-15-13/h9-11H,6-8H2,1-5H3. The Balaban J connectivity index is 2.60. The summed E-state index contributed by atoms with van der Waals surface area (Å²) in [6, 6.07) is 0.0171. The van der Waals surface area contributed by atoms with Crippen LogP contribution >= 0.6 is 0 Å². The van der Waals surface area contributed by atoms with Crippen LogP contribution in [0.15, 0.2) is 5.11 Å². The van der Waals surface area contributed by atoms with Gasteiger partial charge >= 0.3 is 0 Å². The van der Waals surface area contributed by atoms with Crippen LogP contribution in [0.25, 0.3) is 10.4 Å². The third-order valence-electron chi connectivity index (χ3n) is 3.88. The van der Waals surface area contributed by atoms with Crippen molar-refractivity contribution in [2.24, 2.45) is 5.11 Å². The molecule has 0 aromatic heterocycles. The van der Waals surface area contributed by atoms with Crippen molar-refractivity contribution >= 4 is 8.32 Å². The zero-order valence-corrected chi connectivity index (χ0v) is 12.6. The van der Waals surface area contributed by atoms with Gasteiger partial charge in [0.2, 0.25) is 0 Å². The molecular formula is C12H24N3OSi. The van der Waals surface area contributed by atoms with Crippen molar-refractivity contribution in [2.75, 3.05) is 0 Å². The van der Waals surface area contributed by atoms with Crippen LogP contribution in [0.1, 0.15) is 40.0 Å². The summed E-state index contributed by atoms with van der Waals surface area (Å²) in [4.78, 5) is 2.89. The van der Waals surface area contributed by atoms with Gasteiger partial charge in [-0.1, -0.05) is 32.3 Å². The molecule has 2 atom stereocenters. The second-order valence-corrected chi connectivity index (χ2v) is 11.1. The third kappa shape index (κ3) is 4.02. The van der Waals surface area contributed by atoms with Crippen LogP contribution in [0, 0.1) is 6.42 Å². The summed E-state index contributed by atoms with van der Waals surface area (Å²) in [6.07, 6.45) is 5.36. The molecule has 97 valence electrons. The summed E-state index contributed by atoms with van der Waals surface area (Å²) in [5, 5.41) is 4.01. The van der Waals surface area contributed by atoms with E-state index in [1.807, 2.05) is 0 Å². The van der Waals surface area contributed by atoms with Gasteiger partial charge in [0.05, 0.1) is 0 Å². The Morgan fingerprint density at radius 3 is 2.53 bits per heavy atom. The van der Waals surface area contributed by atoms with Crippen LogP contribution < -0.4 is 0 Å². The molecule has 1 aliphatic carbocycles. The van der Waals surface area contributed by atoms with Crippen molar-refractivity contribution in [3.63, 3.8) is 0 Å². The van der Waals surface area contributed by atoms with Crippen LogP contribution in [0.2, 0.25) is 18.1 Å². The molecule has 4 nitrogen and oxygen atoms in total. The Bertz CT molecular complexity index is 305. The minimum absolute atomic E-state index is 0.0171. The third-order valence-corrected chi connectivity index (χ3v) is 8.38. The first kappa shape index (κ1) is 14.5. The molecule has 0 aromatic carbocycles. The van der Waals surface area contributed by atoms with Gasteiger partial charge in [0.1, 0.15) is 0 Å². The van der Waals surface area contributed by atoms with Gasteiger partial charge in [-0.3, -0.25) is 0 Å². The predicted octanol–water partition coefficient (Wildman–Crippen LogP) is 4.44. The monoisotopic (exact) mass is 254 g/mol. The van der Waals surface area contributed by atoms with Gasteiger partial charge < -0.3 is 4.43 Å². The molecule has 0 heterocycles. The number of hydrogen-bond acceptors (Lipinski definition) is 2. The molecule has 1 aliphatic rings. The molecule has 0 aliphatic heterocycles. The molecule has 0 bridgehead atoms. The van der Waals surface area contributed by atoms with E-state index in [1.54, 1.807) is 0 Å². The van der Waals surface area contributed by atoms with Crippen LogP contribution in [-0.2, 0) is 4.43 Å². The number of azide groups is 1. The fraction of sp³-hybridized carbons (Fsp3) is 0.917. The SMILES string of the molecule is CC(C)(C)[Si](C)(C)OC1[CH]C(N=[N+]=[N-])CCC1. The summed E-state index contributed by atoms with van der Waals surface area (Å²) in [7, 11) is -1.71. The highest BCUT2D eigenvalue weighted by Gasteiger charge is 2.40. The largest absolute Gasteiger partial charge is 0.414 e. The van der Waals surface area contributed by atoms with Gasteiger partial charge in [-0.15, -0.1) is 0 Å². The molecule has 1 radical (unpaired) electrons. The van der Waals surface area contributed by atoms with Crippen molar-refractivity contribution in [1.82, 2.24) is 0 Å². The summed E-state index contributed by atoms with van der Waals surface area (Å²) in [5.41, 5.74) is 8.47. The van der Waals surface area contributed by atoms with Gasteiger partial charge in [-0.05, 0) is 42.9 Å². The Kier molecular flexibility index (Phi) is 4.64. The van der Waals surface area contributed by atoms with E-state index in [4.69, 9.17) is 9.96 Å². The summed E-state index contributed by atoms with van der Waals surface area (Å²) < 4.78 is 6.32. The van der Waals surface area contributed by atoms with E-state index in [0.29, 0.717) is 0 Å². The van der Waals surface area contributed by atoms with Gasteiger partial charge in [0, 0.05) is 17.1 Å². The number of rotatable bonds is 3. The highest BCUT2D eigenvalue weighted by molar-refractivity contribution is 6.74. The molecule has 0 amide bonds. The van der Waals surface area contributed by atoms with Gasteiger partial charge in [-0.2, -0.15) is 0 Å². The Hall–Kier alpha value is -0.513. The van der Waals surface area contributed by atoms with Crippen LogP contribution in [0.4, 0.5) is 0 Å². The number of nitrogens with zero attached hydrogens (tertiary/aromatic N) is 3. The van der Waals surface area contributed by atoms with Crippen molar-refractivity contribution in [3.8, 4) is 0 Å². The van der Waals surface area contributed by atoms with E-state index < -0.39 is 8.32 Å². The maximum atomic E-state index is 8.47. The number of hydrogen-bond donors (Lipinski definition) is 0. The second-order valence-electron chi connectivity index (χ2n) is 6.31. The molecule has 17 heavy (non-hydrogen) atoms. The second kappa shape index (κ2) is 5.42. The lowest BCUT2D eigenvalue weighted by Gasteiger charge is -2.41. The normalized spacial score (nSPS) is 26.4. The Morgan fingerprint density at radius 2 is 2.00 bits per heavy atom. The van der Waals surface area contributed by atoms with Crippen molar-refractivity contribution < 1.29 is 4.43 Å². The predicted molar refractivity (Wildman–Crippen MR) is 73.2 cm³/mol. The molecular weight excluding hydrogens is 230 g/mol. The molecule has 0 saturated heterocycles. The summed E-state index contributed by atoms with van der Waals surface area (Å²) in [5.74, 6) is 0. The Labute approximate surface area is 105 Å². The van der Waals surface area contributed by atoms with E-state index in [0.717, 1.165) is 19.3 Å². The summed E-state index contributed by atoms with van der Waals surface area (Å²) in [6.45, 7) is 11.3. The van der Waals surface area contributed by atoms with Crippen LogP contribution in [0.3, 0.4) is 0 Å². The zero-order chi connectivity index (χ0) is 13.1. The Morgan fingerprint density at radius 1 is 1.35 bits per heavy atom. The van der Waals surface area contributed by atoms with Gasteiger partial charge in [0.15, 0.2) is 8.32 Å². The zero-order valence-electron chi connectivity index (χ0n) is 11.6. The quantitative estimate of drug-likeness (QED) is 0.318. The summed E-state index contributed by atoms with van der Waals surface area (Å²) >= 11 is 0. The van der Waals surface area contributed by atoms with Crippen molar-refractivity contribution in [3.05, 3.63) is 16.9 Å². The molecule has 0 spiro atoms. The molecule has 0 aromatic rings. The average molecular weight is 254 g/mol. The van der Waals surface area contributed by atoms with Gasteiger partial charge in [0.25, 0.3) is 0 Å². The van der Waals surface area contributed by atoms with E-state index in [9.17, 15) is 0 Å². The van der Waals surface area contributed by atoms with Crippen LogP contribution in [0.5, 0.6) is 0 Å². The average Bonchev–Trinajstić information content (AvgIpc) is 2.16. The van der Waals surface area contributed by atoms with E-state index >= 15 is 0 Å². The fourth-order valence-corrected chi connectivity index (χ4v) is 3.09. The minimum atomic E-state index is -1.71. The van der Waals surface area contributed by atoms with E-state index in [2.05, 4.69) is 50.3 Å². The first-order valence-electron chi connectivity index (χ1n) is 6.33. The topological polar surface area (TPSA) is 58.0 Å². The van der Waals surface area contributed by atoms with Crippen molar-refractivity contribution in [1.29, 1.82) is 0 Å². The molecule has 5 heteroatoms. The lowest BCUT2D eigenvalue weighted by atomic mass is 9.94. The maximum absolute atomic E-state index is 8.47. The highest BCUT2D eigenvalue weighted by atomic mass is 28.4. The molecule has 1 saturated carbocycles. The highest BCUT2D eigenvalue weighted by Crippen LogP contribution is 2.39. The smallest absolute Gasteiger partial charge is 0.192 e. The van der Waals surface area contributed by atoms with E-state index in [1.165, 1.54) is 0 Å². The minimum Gasteiger partial charge on any atom is -0.414 e. The lowest BCUT2D eigenvalue weighted by Crippen LogP contribution is -2.45.